The third-order valence-corrected chi connectivity index (χ3v) is 2.64. The maximum absolute atomic E-state index is 11.3. The number of carbonyl (C=O) groups is 1. The highest BCUT2D eigenvalue weighted by atomic mass is 32.1. The molecular formula is C9H13NO2S. The molecule has 3 nitrogen and oxygen atoms in total. The molecule has 4 heteroatoms. The van der Waals surface area contributed by atoms with Gasteiger partial charge in [-0.2, -0.15) is 0 Å². The fraction of sp³-hybridized carbons (Fsp3) is 0.556. The average molecular weight is 199 g/mol. The minimum atomic E-state index is -0.283. The van der Waals surface area contributed by atoms with Crippen LogP contribution in [0, 0.1) is 6.92 Å². The van der Waals surface area contributed by atoms with Gasteiger partial charge in [0.25, 0.3) is 0 Å². The summed E-state index contributed by atoms with van der Waals surface area (Å²) >= 11 is 1.39. The number of rotatable bonds is 2. The lowest BCUT2D eigenvalue weighted by atomic mass is 10.1. The highest BCUT2D eigenvalue weighted by molar-refractivity contribution is 7.13. The molecule has 0 unspecified atom stereocenters. The zero-order valence-electron chi connectivity index (χ0n) is 8.25. The summed E-state index contributed by atoms with van der Waals surface area (Å²) in [5, 5.41) is 0.907. The molecule has 1 rings (SSSR count). The van der Waals surface area contributed by atoms with Crippen molar-refractivity contribution in [1.82, 2.24) is 4.98 Å². The van der Waals surface area contributed by atoms with E-state index in [9.17, 15) is 4.79 Å². The van der Waals surface area contributed by atoms with Crippen LogP contribution in [0.5, 0.6) is 0 Å². The van der Waals surface area contributed by atoms with Crippen LogP contribution in [-0.2, 0) is 4.74 Å². The molecule has 0 fully saturated rings. The zero-order valence-corrected chi connectivity index (χ0v) is 9.07. The largest absolute Gasteiger partial charge is 0.465 e. The normalized spacial score (nSPS) is 10.5. The number of thiazole rings is 1. The smallest absolute Gasteiger partial charge is 0.349 e. The van der Waals surface area contributed by atoms with Crippen molar-refractivity contribution in [3.05, 3.63) is 15.6 Å². The van der Waals surface area contributed by atoms with Gasteiger partial charge in [-0.05, 0) is 12.8 Å². The molecule has 0 aliphatic carbocycles. The van der Waals surface area contributed by atoms with Crippen molar-refractivity contribution < 1.29 is 9.53 Å². The van der Waals surface area contributed by atoms with Crippen molar-refractivity contribution in [2.75, 3.05) is 7.11 Å². The molecule has 72 valence electrons. The molecule has 0 aromatic carbocycles. The van der Waals surface area contributed by atoms with Crippen molar-refractivity contribution in [1.29, 1.82) is 0 Å². The Bertz CT molecular complexity index is 317. The lowest BCUT2D eigenvalue weighted by molar-refractivity contribution is 0.0604. The van der Waals surface area contributed by atoms with Crippen molar-refractivity contribution in [2.45, 2.75) is 26.7 Å². The molecule has 0 N–H and O–H groups in total. The standard InChI is InChI=1S/C9H13NO2S/c1-5(2)7-8(9(11)12-4)13-6(3)10-7/h5H,1-4H3. The Kier molecular flexibility index (Phi) is 3.03. The summed E-state index contributed by atoms with van der Waals surface area (Å²) in [6, 6.07) is 0. The van der Waals surface area contributed by atoms with Gasteiger partial charge in [-0.1, -0.05) is 13.8 Å². The minimum Gasteiger partial charge on any atom is -0.465 e. The van der Waals surface area contributed by atoms with E-state index < -0.39 is 0 Å². The van der Waals surface area contributed by atoms with E-state index in [4.69, 9.17) is 0 Å². The van der Waals surface area contributed by atoms with E-state index in [2.05, 4.69) is 9.72 Å². The Morgan fingerprint density at radius 2 is 2.15 bits per heavy atom. The van der Waals surface area contributed by atoms with E-state index >= 15 is 0 Å². The zero-order chi connectivity index (χ0) is 10.0. The van der Waals surface area contributed by atoms with Gasteiger partial charge in [-0.25, -0.2) is 9.78 Å². The first kappa shape index (κ1) is 10.2. The van der Waals surface area contributed by atoms with E-state index in [0.717, 1.165) is 10.7 Å². The number of esters is 1. The van der Waals surface area contributed by atoms with Gasteiger partial charge in [0.2, 0.25) is 0 Å². The second-order valence-electron chi connectivity index (χ2n) is 3.09. The third kappa shape index (κ3) is 2.06. The fourth-order valence-electron chi connectivity index (χ4n) is 1.07. The van der Waals surface area contributed by atoms with Crippen molar-refractivity contribution in [2.24, 2.45) is 0 Å². The number of aromatic nitrogens is 1. The molecule has 0 radical (unpaired) electrons. The summed E-state index contributed by atoms with van der Waals surface area (Å²) in [5.41, 5.74) is 0.842. The Labute approximate surface area is 81.8 Å². The molecule has 0 bridgehead atoms. The first-order valence-electron chi connectivity index (χ1n) is 4.12. The molecule has 0 atom stereocenters. The summed E-state index contributed by atoms with van der Waals surface area (Å²) < 4.78 is 4.67. The minimum absolute atomic E-state index is 0.263. The van der Waals surface area contributed by atoms with E-state index in [-0.39, 0.29) is 11.9 Å². The predicted octanol–water partition coefficient (Wildman–Crippen LogP) is 2.36. The van der Waals surface area contributed by atoms with Gasteiger partial charge < -0.3 is 4.74 Å². The van der Waals surface area contributed by atoms with Gasteiger partial charge in [0.1, 0.15) is 4.88 Å². The molecule has 0 saturated heterocycles. The molecule has 0 spiro atoms. The topological polar surface area (TPSA) is 39.2 Å². The summed E-state index contributed by atoms with van der Waals surface area (Å²) in [6.45, 7) is 5.92. The number of carbonyl (C=O) groups excluding carboxylic acids is 1. The Morgan fingerprint density at radius 1 is 1.54 bits per heavy atom. The van der Waals surface area contributed by atoms with Crippen molar-refractivity contribution in [3.8, 4) is 0 Å². The first-order chi connectivity index (χ1) is 6.06. The van der Waals surface area contributed by atoms with E-state index in [1.54, 1.807) is 0 Å². The van der Waals surface area contributed by atoms with Crippen LogP contribution in [0.15, 0.2) is 0 Å². The third-order valence-electron chi connectivity index (χ3n) is 1.68. The summed E-state index contributed by atoms with van der Waals surface area (Å²) in [7, 11) is 1.39. The first-order valence-corrected chi connectivity index (χ1v) is 4.93. The molecule has 0 aliphatic rings. The second kappa shape index (κ2) is 3.87. The van der Waals surface area contributed by atoms with Crippen LogP contribution in [0.1, 0.15) is 40.1 Å². The van der Waals surface area contributed by atoms with E-state index in [0.29, 0.717) is 4.88 Å². The molecule has 1 aromatic heterocycles. The van der Waals surface area contributed by atoms with Crippen LogP contribution >= 0.6 is 11.3 Å². The van der Waals surface area contributed by atoms with Gasteiger partial charge in [0.05, 0.1) is 17.8 Å². The lowest BCUT2D eigenvalue weighted by Gasteiger charge is -2.02. The number of hydrogen-bond donors (Lipinski definition) is 0. The van der Waals surface area contributed by atoms with Gasteiger partial charge in [-0.3, -0.25) is 0 Å². The maximum Gasteiger partial charge on any atom is 0.349 e. The Hall–Kier alpha value is -0.900. The van der Waals surface area contributed by atoms with Crippen molar-refractivity contribution in [3.63, 3.8) is 0 Å². The van der Waals surface area contributed by atoms with Gasteiger partial charge in [0, 0.05) is 0 Å². The van der Waals surface area contributed by atoms with Crippen LogP contribution in [0.3, 0.4) is 0 Å². The summed E-state index contributed by atoms with van der Waals surface area (Å²) in [4.78, 5) is 16.2. The molecule has 1 heterocycles. The van der Waals surface area contributed by atoms with E-state index in [1.165, 1.54) is 18.4 Å². The number of methoxy groups -OCH3 is 1. The molecule has 1 aromatic rings. The van der Waals surface area contributed by atoms with Crippen LogP contribution in [0.25, 0.3) is 0 Å². The Balaban J connectivity index is 3.11. The van der Waals surface area contributed by atoms with Gasteiger partial charge >= 0.3 is 5.97 Å². The summed E-state index contributed by atoms with van der Waals surface area (Å²) in [5.74, 6) is -0.0200. The van der Waals surface area contributed by atoms with Crippen LogP contribution in [-0.4, -0.2) is 18.1 Å². The van der Waals surface area contributed by atoms with Crippen molar-refractivity contribution >= 4 is 17.3 Å². The Morgan fingerprint density at radius 3 is 2.62 bits per heavy atom. The molecular weight excluding hydrogens is 186 g/mol. The average Bonchev–Trinajstić information content (AvgIpc) is 2.46. The molecule has 0 amide bonds. The maximum atomic E-state index is 11.3. The SMILES string of the molecule is COC(=O)c1sc(C)nc1C(C)C. The van der Waals surface area contributed by atoms with Gasteiger partial charge in [-0.15, -0.1) is 11.3 Å². The lowest BCUT2D eigenvalue weighted by Crippen LogP contribution is -2.03. The predicted molar refractivity (Wildman–Crippen MR) is 52.3 cm³/mol. The number of hydrogen-bond acceptors (Lipinski definition) is 4. The van der Waals surface area contributed by atoms with Crippen LogP contribution < -0.4 is 0 Å². The summed E-state index contributed by atoms with van der Waals surface area (Å²) in [6.07, 6.45) is 0. The molecule has 0 aliphatic heterocycles. The quantitative estimate of drug-likeness (QED) is 0.686. The van der Waals surface area contributed by atoms with Gasteiger partial charge in [0.15, 0.2) is 0 Å². The monoisotopic (exact) mass is 199 g/mol. The highest BCUT2D eigenvalue weighted by Gasteiger charge is 2.18. The highest BCUT2D eigenvalue weighted by Crippen LogP contribution is 2.25. The van der Waals surface area contributed by atoms with Crippen LogP contribution in [0.4, 0.5) is 0 Å². The van der Waals surface area contributed by atoms with E-state index in [1.807, 2.05) is 20.8 Å². The molecule has 0 saturated carbocycles. The second-order valence-corrected chi connectivity index (χ2v) is 4.30. The number of aryl methyl sites for hydroxylation is 1. The number of nitrogens with zero attached hydrogens (tertiary/aromatic N) is 1. The fourth-order valence-corrected chi connectivity index (χ4v) is 2.07. The van der Waals surface area contributed by atoms with Crippen LogP contribution in [0.2, 0.25) is 0 Å². The molecule has 13 heavy (non-hydrogen) atoms. The number of ether oxygens (including phenoxy) is 1.